The van der Waals surface area contributed by atoms with Gasteiger partial charge in [0.05, 0.1) is 11.3 Å². The van der Waals surface area contributed by atoms with Crippen molar-refractivity contribution in [2.45, 2.75) is 13.0 Å². The Labute approximate surface area is 100 Å². The summed E-state index contributed by atoms with van der Waals surface area (Å²) < 4.78 is 22.1. The van der Waals surface area contributed by atoms with Crippen LogP contribution in [-0.2, 0) is 9.84 Å². The molecule has 0 bridgehead atoms. The summed E-state index contributed by atoms with van der Waals surface area (Å²) in [6.45, 7) is 1.74. The van der Waals surface area contributed by atoms with Crippen molar-refractivity contribution in [2.75, 3.05) is 17.3 Å². The number of amides is 1. The van der Waals surface area contributed by atoms with Gasteiger partial charge in [-0.15, -0.1) is 0 Å². The van der Waals surface area contributed by atoms with Crippen LogP contribution in [0.3, 0.4) is 0 Å². The molecule has 1 aromatic rings. The van der Waals surface area contributed by atoms with Crippen molar-refractivity contribution < 1.29 is 13.2 Å². The number of nitrogens with zero attached hydrogens (tertiary/aromatic N) is 1. The van der Waals surface area contributed by atoms with E-state index in [-0.39, 0.29) is 11.8 Å². The number of sulfone groups is 1. The maximum atomic E-state index is 11.1. The topological polar surface area (TPSA) is 102 Å². The Hall–Kier alpha value is -1.63. The molecule has 0 aliphatic rings. The normalized spacial score (nSPS) is 13.1. The molecule has 0 fully saturated rings. The molecular formula is C10H15N3O3S. The first-order valence-electron chi connectivity index (χ1n) is 4.98. The Morgan fingerprint density at radius 2 is 2.18 bits per heavy atom. The Morgan fingerprint density at radius 3 is 2.59 bits per heavy atom. The summed E-state index contributed by atoms with van der Waals surface area (Å²) in [5, 5.41) is 2.92. The summed E-state index contributed by atoms with van der Waals surface area (Å²) in [5.74, 6) is -0.0221. The minimum Gasteiger partial charge on any atom is -0.367 e. The maximum Gasteiger partial charge on any atom is 0.250 e. The molecule has 1 aromatic heterocycles. The number of anilines is 1. The van der Waals surface area contributed by atoms with Crippen LogP contribution >= 0.6 is 0 Å². The lowest BCUT2D eigenvalue weighted by molar-refractivity contribution is 0.1000. The van der Waals surface area contributed by atoms with Crippen LogP contribution in [0.1, 0.15) is 17.3 Å². The molecule has 0 aliphatic carbocycles. The molecule has 0 aliphatic heterocycles. The van der Waals surface area contributed by atoms with Gasteiger partial charge in [0.2, 0.25) is 5.91 Å². The fourth-order valence-electron chi connectivity index (χ4n) is 1.37. The Kier molecular flexibility index (Phi) is 4.06. The van der Waals surface area contributed by atoms with Crippen LogP contribution in [0.4, 0.5) is 5.82 Å². The monoisotopic (exact) mass is 257 g/mol. The predicted molar refractivity (Wildman–Crippen MR) is 65.6 cm³/mol. The molecule has 1 amide bonds. The first kappa shape index (κ1) is 13.4. The Balaban J connectivity index is 2.66. The second-order valence-corrected chi connectivity index (χ2v) is 6.12. The molecule has 0 saturated carbocycles. The molecule has 1 rings (SSSR count). The third kappa shape index (κ3) is 4.81. The summed E-state index contributed by atoms with van der Waals surface area (Å²) in [5.41, 5.74) is 5.38. The number of pyridine rings is 1. The van der Waals surface area contributed by atoms with Crippen LogP contribution < -0.4 is 11.1 Å². The van der Waals surface area contributed by atoms with Crippen LogP contribution in [0.25, 0.3) is 0 Å². The van der Waals surface area contributed by atoms with Crippen LogP contribution in [0.2, 0.25) is 0 Å². The lowest BCUT2D eigenvalue weighted by Crippen LogP contribution is -2.25. The van der Waals surface area contributed by atoms with Crippen molar-refractivity contribution in [1.82, 2.24) is 4.98 Å². The highest BCUT2D eigenvalue weighted by molar-refractivity contribution is 7.90. The molecule has 94 valence electrons. The van der Waals surface area contributed by atoms with E-state index in [9.17, 15) is 13.2 Å². The molecule has 3 N–H and O–H groups in total. The summed E-state index contributed by atoms with van der Waals surface area (Å²) in [4.78, 5) is 14.8. The Morgan fingerprint density at radius 1 is 1.53 bits per heavy atom. The van der Waals surface area contributed by atoms with E-state index < -0.39 is 15.7 Å². The molecule has 6 nitrogen and oxygen atoms in total. The number of primary amides is 1. The highest BCUT2D eigenvalue weighted by Gasteiger charge is 2.10. The van der Waals surface area contributed by atoms with Crippen molar-refractivity contribution in [3.63, 3.8) is 0 Å². The summed E-state index contributed by atoms with van der Waals surface area (Å²) >= 11 is 0. The van der Waals surface area contributed by atoms with E-state index in [0.29, 0.717) is 11.4 Å². The van der Waals surface area contributed by atoms with E-state index in [1.165, 1.54) is 18.5 Å². The minimum absolute atomic E-state index is 0.0201. The second-order valence-electron chi connectivity index (χ2n) is 3.93. The number of hydrogen-bond donors (Lipinski definition) is 2. The van der Waals surface area contributed by atoms with Gasteiger partial charge >= 0.3 is 0 Å². The van der Waals surface area contributed by atoms with Gasteiger partial charge in [-0.2, -0.15) is 0 Å². The highest BCUT2D eigenvalue weighted by Crippen LogP contribution is 2.07. The van der Waals surface area contributed by atoms with Gasteiger partial charge in [-0.05, 0) is 19.1 Å². The third-order valence-corrected chi connectivity index (χ3v) is 3.10. The molecule has 7 heteroatoms. The van der Waals surface area contributed by atoms with Crippen LogP contribution in [-0.4, -0.2) is 37.4 Å². The molecular weight excluding hydrogens is 242 g/mol. The average Bonchev–Trinajstić information content (AvgIpc) is 2.15. The van der Waals surface area contributed by atoms with E-state index in [1.54, 1.807) is 13.0 Å². The van der Waals surface area contributed by atoms with E-state index in [4.69, 9.17) is 5.73 Å². The van der Waals surface area contributed by atoms with Crippen molar-refractivity contribution in [3.05, 3.63) is 23.9 Å². The molecule has 0 saturated heterocycles. The average molecular weight is 257 g/mol. The van der Waals surface area contributed by atoms with Gasteiger partial charge in [0.25, 0.3) is 0 Å². The predicted octanol–water partition coefficient (Wildman–Crippen LogP) is 0.0255. The summed E-state index contributed by atoms with van der Waals surface area (Å²) in [7, 11) is -3.03. The minimum atomic E-state index is -3.03. The van der Waals surface area contributed by atoms with Crippen LogP contribution in [0.5, 0.6) is 0 Å². The van der Waals surface area contributed by atoms with E-state index >= 15 is 0 Å². The number of carbonyl (C=O) groups is 1. The maximum absolute atomic E-state index is 11.1. The van der Waals surface area contributed by atoms with Crippen molar-refractivity contribution in [2.24, 2.45) is 5.73 Å². The third-order valence-electron chi connectivity index (χ3n) is 2.00. The van der Waals surface area contributed by atoms with E-state index in [0.717, 1.165) is 0 Å². The number of hydrogen-bond acceptors (Lipinski definition) is 5. The van der Waals surface area contributed by atoms with Gasteiger partial charge in [0.15, 0.2) is 0 Å². The lowest BCUT2D eigenvalue weighted by atomic mass is 10.2. The van der Waals surface area contributed by atoms with Crippen molar-refractivity contribution >= 4 is 21.6 Å². The summed E-state index contributed by atoms with van der Waals surface area (Å²) in [6.07, 6.45) is 2.52. The van der Waals surface area contributed by atoms with Gasteiger partial charge in [-0.25, -0.2) is 13.4 Å². The highest BCUT2D eigenvalue weighted by atomic mass is 32.2. The van der Waals surface area contributed by atoms with Crippen molar-refractivity contribution in [3.8, 4) is 0 Å². The number of rotatable bonds is 5. The fraction of sp³-hybridized carbons (Fsp3) is 0.400. The van der Waals surface area contributed by atoms with Gasteiger partial charge in [0.1, 0.15) is 15.7 Å². The number of nitrogens with one attached hydrogen (secondary N) is 1. The number of nitrogens with two attached hydrogens (primary N) is 1. The zero-order chi connectivity index (χ0) is 13.1. The standard InChI is InChI=1S/C10H15N3O3S/c1-7(6-17(2,15)16)13-9-4-3-8(5-12-9)10(11)14/h3-5,7H,6H2,1-2H3,(H2,11,14)(H,12,13). The molecule has 0 radical (unpaired) electrons. The van der Waals surface area contributed by atoms with Gasteiger partial charge < -0.3 is 11.1 Å². The van der Waals surface area contributed by atoms with Crippen LogP contribution in [0.15, 0.2) is 18.3 Å². The molecule has 1 heterocycles. The zero-order valence-electron chi connectivity index (χ0n) is 9.67. The molecule has 1 unspecified atom stereocenters. The molecule has 0 aromatic carbocycles. The second kappa shape index (κ2) is 5.13. The van der Waals surface area contributed by atoms with E-state index in [1.807, 2.05) is 0 Å². The lowest BCUT2D eigenvalue weighted by Gasteiger charge is -2.13. The van der Waals surface area contributed by atoms with Crippen molar-refractivity contribution in [1.29, 1.82) is 0 Å². The van der Waals surface area contributed by atoms with Gasteiger partial charge in [-0.3, -0.25) is 4.79 Å². The number of aromatic nitrogens is 1. The van der Waals surface area contributed by atoms with E-state index in [2.05, 4.69) is 10.3 Å². The fourth-order valence-corrected chi connectivity index (χ4v) is 2.36. The first-order chi connectivity index (χ1) is 7.78. The largest absolute Gasteiger partial charge is 0.367 e. The first-order valence-corrected chi connectivity index (χ1v) is 7.04. The molecule has 0 spiro atoms. The molecule has 1 atom stereocenters. The quantitative estimate of drug-likeness (QED) is 0.774. The molecule has 17 heavy (non-hydrogen) atoms. The smallest absolute Gasteiger partial charge is 0.250 e. The van der Waals surface area contributed by atoms with Gasteiger partial charge in [0, 0.05) is 18.5 Å². The van der Waals surface area contributed by atoms with Crippen LogP contribution in [0, 0.1) is 0 Å². The summed E-state index contributed by atoms with van der Waals surface area (Å²) in [6, 6.07) is 2.86. The van der Waals surface area contributed by atoms with Gasteiger partial charge in [-0.1, -0.05) is 0 Å². The number of carbonyl (C=O) groups excluding carboxylic acids is 1. The zero-order valence-corrected chi connectivity index (χ0v) is 10.5. The SMILES string of the molecule is CC(CS(C)(=O)=O)Nc1ccc(C(N)=O)cn1. The Bertz CT molecular complexity index is 496.